The molecule has 1 aromatic rings. The summed E-state index contributed by atoms with van der Waals surface area (Å²) >= 11 is 0. The number of rotatable bonds is 3. The molecule has 0 radical (unpaired) electrons. The number of aliphatic hydroxyl groups excluding tert-OH is 1. The van der Waals surface area contributed by atoms with E-state index >= 15 is 0 Å². The van der Waals surface area contributed by atoms with Gasteiger partial charge in [-0.2, -0.15) is 0 Å². The number of carbonyl (C=O) groups is 1. The normalized spacial score (nSPS) is 9.11. The summed E-state index contributed by atoms with van der Waals surface area (Å²) in [5.41, 5.74) is 0.362. The molecule has 0 bridgehead atoms. The molecule has 100 valence electrons. The number of ether oxygens (including phenoxy) is 1. The first-order valence-electron chi connectivity index (χ1n) is 5.36. The van der Waals surface area contributed by atoms with Crippen LogP contribution in [0.2, 0.25) is 0 Å². The lowest BCUT2D eigenvalue weighted by Crippen LogP contribution is -2.08. The fourth-order valence-electron chi connectivity index (χ4n) is 1.06. The third-order valence-corrected chi connectivity index (χ3v) is 1.76. The van der Waals surface area contributed by atoms with Crippen LogP contribution in [-0.4, -0.2) is 34.2 Å². The molecule has 18 heavy (non-hydrogen) atoms. The van der Waals surface area contributed by atoms with Crippen LogP contribution >= 0.6 is 0 Å². The van der Waals surface area contributed by atoms with Gasteiger partial charge in [-0.25, -0.2) is 9.78 Å². The Bertz CT molecular complexity index is 420. The molecule has 1 rings (SSSR count). The van der Waals surface area contributed by atoms with Gasteiger partial charge >= 0.3 is 5.97 Å². The molecule has 0 spiro atoms. The zero-order valence-corrected chi connectivity index (χ0v) is 10.5. The van der Waals surface area contributed by atoms with Gasteiger partial charge in [0.15, 0.2) is 0 Å². The van der Waals surface area contributed by atoms with Crippen LogP contribution in [0.5, 0.6) is 0 Å². The van der Waals surface area contributed by atoms with Gasteiger partial charge in [0.25, 0.3) is 5.69 Å². The number of pyridine rings is 1. The van der Waals surface area contributed by atoms with Crippen LogP contribution in [0.3, 0.4) is 0 Å². The number of aliphatic hydroxyl groups is 1. The average Bonchev–Trinajstić information content (AvgIpc) is 2.29. The largest absolute Gasteiger partial charge is 0.461 e. The number of aryl methyl sites for hydroxylation is 1. The van der Waals surface area contributed by atoms with E-state index in [-0.39, 0.29) is 24.6 Å². The summed E-state index contributed by atoms with van der Waals surface area (Å²) < 4.78 is 4.71. The Kier molecular flexibility index (Phi) is 7.22. The van der Waals surface area contributed by atoms with Crippen molar-refractivity contribution in [2.24, 2.45) is 0 Å². The molecule has 1 N–H and O–H groups in total. The van der Waals surface area contributed by atoms with Gasteiger partial charge < -0.3 is 9.84 Å². The lowest BCUT2D eigenvalue weighted by atomic mass is 10.2. The Morgan fingerprint density at radius 2 is 2.11 bits per heavy atom. The van der Waals surface area contributed by atoms with E-state index in [4.69, 9.17) is 9.84 Å². The van der Waals surface area contributed by atoms with Crippen molar-refractivity contribution >= 4 is 11.7 Å². The molecule has 1 heterocycles. The molecule has 0 saturated carbocycles. The molecule has 0 aliphatic rings. The molecule has 0 aromatic carbocycles. The zero-order chi connectivity index (χ0) is 14.1. The molecule has 7 nitrogen and oxygen atoms in total. The molecule has 1 aromatic heterocycles. The standard InChI is InChI=1S/C9H10N2O4.C2H6O/c1-3-15-9(12)7-4-6(2)8(5-10-7)11(13)14;1-2-3/h4-5H,3H2,1-2H3;3H,2H2,1H3. The highest BCUT2D eigenvalue weighted by Gasteiger charge is 2.15. The summed E-state index contributed by atoms with van der Waals surface area (Å²) in [4.78, 5) is 24.8. The molecule has 0 fully saturated rings. The maximum Gasteiger partial charge on any atom is 0.356 e. The third-order valence-electron chi connectivity index (χ3n) is 1.76. The lowest BCUT2D eigenvalue weighted by molar-refractivity contribution is -0.385. The topological polar surface area (TPSA) is 103 Å². The van der Waals surface area contributed by atoms with Crippen molar-refractivity contribution in [3.8, 4) is 0 Å². The Hall–Kier alpha value is -2.02. The first kappa shape index (κ1) is 16.0. The third kappa shape index (κ3) is 4.88. The van der Waals surface area contributed by atoms with Crippen molar-refractivity contribution in [2.45, 2.75) is 20.8 Å². The lowest BCUT2D eigenvalue weighted by Gasteiger charge is -2.01. The molecule has 0 atom stereocenters. The van der Waals surface area contributed by atoms with E-state index in [9.17, 15) is 14.9 Å². The van der Waals surface area contributed by atoms with Crippen molar-refractivity contribution in [2.75, 3.05) is 13.2 Å². The second kappa shape index (κ2) is 8.13. The summed E-state index contributed by atoms with van der Waals surface area (Å²) in [5, 5.41) is 18.0. The van der Waals surface area contributed by atoms with Crippen LogP contribution in [0.1, 0.15) is 29.9 Å². The van der Waals surface area contributed by atoms with E-state index in [2.05, 4.69) is 4.98 Å². The molecular weight excluding hydrogens is 240 g/mol. The van der Waals surface area contributed by atoms with E-state index in [1.165, 1.54) is 6.07 Å². The van der Waals surface area contributed by atoms with Gasteiger partial charge in [-0.3, -0.25) is 10.1 Å². The number of aromatic nitrogens is 1. The summed E-state index contributed by atoms with van der Waals surface area (Å²) in [7, 11) is 0. The molecule has 7 heteroatoms. The van der Waals surface area contributed by atoms with Crippen molar-refractivity contribution in [1.82, 2.24) is 4.98 Å². The van der Waals surface area contributed by atoms with E-state index in [0.29, 0.717) is 5.56 Å². The van der Waals surface area contributed by atoms with Crippen molar-refractivity contribution in [1.29, 1.82) is 0 Å². The second-order valence-electron chi connectivity index (χ2n) is 3.15. The minimum atomic E-state index is -0.574. The number of hydrogen-bond acceptors (Lipinski definition) is 6. The zero-order valence-electron chi connectivity index (χ0n) is 10.5. The highest BCUT2D eigenvalue weighted by Crippen LogP contribution is 2.16. The summed E-state index contributed by atoms with van der Waals surface area (Å²) in [5.74, 6) is -0.574. The van der Waals surface area contributed by atoms with Gasteiger partial charge in [0.05, 0.1) is 11.5 Å². The molecule has 0 saturated heterocycles. The Labute approximate surface area is 105 Å². The van der Waals surface area contributed by atoms with Gasteiger partial charge in [0.2, 0.25) is 0 Å². The van der Waals surface area contributed by atoms with Crippen LogP contribution < -0.4 is 0 Å². The van der Waals surface area contributed by atoms with E-state index < -0.39 is 10.9 Å². The predicted molar refractivity (Wildman–Crippen MR) is 64.3 cm³/mol. The molecule has 0 amide bonds. The van der Waals surface area contributed by atoms with Crippen LogP contribution in [0.25, 0.3) is 0 Å². The van der Waals surface area contributed by atoms with Gasteiger partial charge in [-0.15, -0.1) is 0 Å². The maximum atomic E-state index is 11.2. The number of esters is 1. The smallest absolute Gasteiger partial charge is 0.356 e. The molecule has 0 unspecified atom stereocenters. The second-order valence-corrected chi connectivity index (χ2v) is 3.15. The van der Waals surface area contributed by atoms with Crippen LogP contribution in [0.4, 0.5) is 5.69 Å². The SMILES string of the molecule is CCO.CCOC(=O)c1cc(C)c([N+](=O)[O-])cn1. The van der Waals surface area contributed by atoms with Crippen LogP contribution in [0, 0.1) is 17.0 Å². The van der Waals surface area contributed by atoms with Gasteiger partial charge in [-0.1, -0.05) is 0 Å². The van der Waals surface area contributed by atoms with E-state index in [1.54, 1.807) is 20.8 Å². The predicted octanol–water partition coefficient (Wildman–Crippen LogP) is 1.47. The average molecular weight is 256 g/mol. The van der Waals surface area contributed by atoms with E-state index in [1.807, 2.05) is 0 Å². The summed E-state index contributed by atoms with van der Waals surface area (Å²) in [6.45, 7) is 5.40. The highest BCUT2D eigenvalue weighted by atomic mass is 16.6. The minimum Gasteiger partial charge on any atom is -0.461 e. The quantitative estimate of drug-likeness (QED) is 0.499. The fourth-order valence-corrected chi connectivity index (χ4v) is 1.06. The number of carbonyl (C=O) groups excluding carboxylic acids is 1. The molecule has 0 aliphatic carbocycles. The molecular formula is C11H16N2O5. The monoisotopic (exact) mass is 256 g/mol. The fraction of sp³-hybridized carbons (Fsp3) is 0.455. The van der Waals surface area contributed by atoms with Crippen LogP contribution in [-0.2, 0) is 4.74 Å². The van der Waals surface area contributed by atoms with Crippen LogP contribution in [0.15, 0.2) is 12.3 Å². The van der Waals surface area contributed by atoms with E-state index in [0.717, 1.165) is 6.20 Å². The minimum absolute atomic E-state index is 0.0833. The van der Waals surface area contributed by atoms with Gasteiger partial charge in [-0.05, 0) is 26.8 Å². The van der Waals surface area contributed by atoms with Gasteiger partial charge in [0.1, 0.15) is 11.9 Å². The van der Waals surface area contributed by atoms with Crippen molar-refractivity contribution < 1.29 is 19.6 Å². The maximum absolute atomic E-state index is 11.2. The van der Waals surface area contributed by atoms with Gasteiger partial charge in [0, 0.05) is 12.2 Å². The highest BCUT2D eigenvalue weighted by molar-refractivity contribution is 5.87. The number of hydrogen-bond donors (Lipinski definition) is 1. The number of nitrogens with zero attached hydrogens (tertiary/aromatic N) is 2. The Balaban J connectivity index is 0.000000873. The Morgan fingerprint density at radius 3 is 2.50 bits per heavy atom. The number of nitro groups is 1. The first-order valence-corrected chi connectivity index (χ1v) is 5.36. The van der Waals surface area contributed by atoms with Crippen molar-refractivity contribution in [3.63, 3.8) is 0 Å². The van der Waals surface area contributed by atoms with Crippen molar-refractivity contribution in [3.05, 3.63) is 33.6 Å². The first-order chi connectivity index (χ1) is 8.47. The summed E-state index contributed by atoms with van der Waals surface area (Å²) in [6, 6.07) is 1.34. The Morgan fingerprint density at radius 1 is 1.56 bits per heavy atom. The summed E-state index contributed by atoms with van der Waals surface area (Å²) in [6.07, 6.45) is 1.06. The molecule has 0 aliphatic heterocycles.